The molecule has 1 fully saturated rings. The fourth-order valence-electron chi connectivity index (χ4n) is 4.55. The van der Waals surface area contributed by atoms with Gasteiger partial charge in [-0.2, -0.15) is 0 Å². The Balaban J connectivity index is 1.79. The molecule has 0 spiro atoms. The first-order valence-electron chi connectivity index (χ1n) is 12.3. The lowest BCUT2D eigenvalue weighted by molar-refractivity contribution is -0.139. The molecule has 8 nitrogen and oxygen atoms in total. The van der Waals surface area contributed by atoms with Crippen LogP contribution in [0.3, 0.4) is 0 Å². The van der Waals surface area contributed by atoms with Gasteiger partial charge in [0.05, 0.1) is 38.5 Å². The number of methoxy groups -OCH3 is 3. The highest BCUT2D eigenvalue weighted by Crippen LogP contribution is 2.43. The average Bonchev–Trinajstić information content (AvgIpc) is 3.21. The molecule has 1 N–H and O–H groups in total. The van der Waals surface area contributed by atoms with E-state index >= 15 is 0 Å². The molecule has 1 saturated heterocycles. The molecular weight excluding hydrogens is 486 g/mol. The van der Waals surface area contributed by atoms with Crippen LogP contribution in [0.2, 0.25) is 0 Å². The van der Waals surface area contributed by atoms with Crippen molar-refractivity contribution in [2.24, 2.45) is 0 Å². The maximum atomic E-state index is 13.3. The van der Waals surface area contributed by atoms with Crippen molar-refractivity contribution in [1.29, 1.82) is 0 Å². The molecule has 38 heavy (non-hydrogen) atoms. The number of rotatable bonds is 10. The number of hydrogen-bond acceptors (Lipinski definition) is 7. The molecule has 0 aromatic heterocycles. The summed E-state index contributed by atoms with van der Waals surface area (Å²) in [6, 6.07) is 19.0. The van der Waals surface area contributed by atoms with E-state index in [1.165, 1.54) is 26.2 Å². The number of ether oxygens (including phenoxy) is 4. The molecule has 1 aliphatic rings. The number of aliphatic hydroxyl groups excluding tert-OH is 1. The van der Waals surface area contributed by atoms with E-state index in [0.717, 1.165) is 5.56 Å². The molecular formula is C30H31NO7. The number of carbonyl (C=O) groups is 2. The Bertz CT molecular complexity index is 1350. The summed E-state index contributed by atoms with van der Waals surface area (Å²) in [7, 11) is 4.50. The van der Waals surface area contributed by atoms with E-state index in [1.807, 2.05) is 37.3 Å². The number of amides is 1. The van der Waals surface area contributed by atoms with Crippen molar-refractivity contribution in [2.75, 3.05) is 27.9 Å². The Kier molecular flexibility index (Phi) is 8.21. The number of Topliss-reactive ketones (excluding diaryl/α,β-unsaturated/α-hetero) is 1. The van der Waals surface area contributed by atoms with Gasteiger partial charge in [0, 0.05) is 12.6 Å². The number of nitrogens with zero attached hydrogens (tertiary/aromatic N) is 1. The van der Waals surface area contributed by atoms with Gasteiger partial charge in [-0.1, -0.05) is 43.3 Å². The third-order valence-electron chi connectivity index (χ3n) is 6.41. The summed E-state index contributed by atoms with van der Waals surface area (Å²) in [4.78, 5) is 27.8. The molecule has 4 rings (SSSR count). The lowest BCUT2D eigenvalue weighted by atomic mass is 9.94. The Hall–Kier alpha value is -4.46. The normalized spacial score (nSPS) is 16.4. The van der Waals surface area contributed by atoms with Crippen LogP contribution in [0.5, 0.6) is 23.0 Å². The Morgan fingerprint density at radius 1 is 0.868 bits per heavy atom. The number of aliphatic hydroxyl groups is 1. The van der Waals surface area contributed by atoms with Crippen LogP contribution in [0.1, 0.15) is 36.1 Å². The van der Waals surface area contributed by atoms with E-state index in [1.54, 1.807) is 36.4 Å². The second-order valence-corrected chi connectivity index (χ2v) is 8.74. The smallest absolute Gasteiger partial charge is 0.295 e. The van der Waals surface area contributed by atoms with Crippen molar-refractivity contribution in [3.63, 3.8) is 0 Å². The van der Waals surface area contributed by atoms with E-state index < -0.39 is 17.7 Å². The zero-order chi connectivity index (χ0) is 27.2. The second kappa shape index (κ2) is 11.7. The maximum absolute atomic E-state index is 13.3. The molecule has 3 aromatic carbocycles. The standard InChI is InChI=1S/C30H31NO7/c1-5-15-31-27(20-11-14-23(25(16-20)37-4)38-18-19-9-7-6-8-10-19)26(29(33)30(31)34)28(32)22-13-12-21(35-2)17-24(22)36-3/h6-14,16-17,27,32H,5,15,18H2,1-4H3/b28-26+. The average molecular weight is 518 g/mol. The quantitative estimate of drug-likeness (QED) is 0.227. The van der Waals surface area contributed by atoms with Gasteiger partial charge in [0.15, 0.2) is 11.5 Å². The third kappa shape index (κ3) is 5.16. The van der Waals surface area contributed by atoms with Crippen molar-refractivity contribution in [3.8, 4) is 23.0 Å². The Morgan fingerprint density at radius 3 is 2.26 bits per heavy atom. The zero-order valence-electron chi connectivity index (χ0n) is 21.9. The maximum Gasteiger partial charge on any atom is 0.295 e. The molecule has 1 heterocycles. The summed E-state index contributed by atoms with van der Waals surface area (Å²) in [5.41, 5.74) is 1.87. The van der Waals surface area contributed by atoms with E-state index in [4.69, 9.17) is 18.9 Å². The number of ketones is 1. The molecule has 0 radical (unpaired) electrons. The zero-order valence-corrected chi connectivity index (χ0v) is 21.9. The lowest BCUT2D eigenvalue weighted by Gasteiger charge is -2.25. The van der Waals surface area contributed by atoms with Crippen LogP contribution in [0, 0.1) is 0 Å². The summed E-state index contributed by atoms with van der Waals surface area (Å²) in [5.74, 6) is 0.0416. The van der Waals surface area contributed by atoms with Crippen LogP contribution < -0.4 is 18.9 Å². The summed E-state index contributed by atoms with van der Waals surface area (Å²) >= 11 is 0. The summed E-state index contributed by atoms with van der Waals surface area (Å²) < 4.78 is 22.3. The predicted octanol–water partition coefficient (Wildman–Crippen LogP) is 5.12. The summed E-state index contributed by atoms with van der Waals surface area (Å²) in [6.45, 7) is 2.60. The van der Waals surface area contributed by atoms with Gasteiger partial charge in [-0.05, 0) is 41.8 Å². The molecule has 0 bridgehead atoms. The van der Waals surface area contributed by atoms with Crippen LogP contribution in [0.15, 0.2) is 72.3 Å². The first-order chi connectivity index (χ1) is 18.4. The van der Waals surface area contributed by atoms with E-state index in [9.17, 15) is 14.7 Å². The van der Waals surface area contributed by atoms with Crippen LogP contribution in [-0.4, -0.2) is 49.6 Å². The molecule has 0 aliphatic carbocycles. The highest BCUT2D eigenvalue weighted by Gasteiger charge is 2.46. The first kappa shape index (κ1) is 26.6. The van der Waals surface area contributed by atoms with Crippen molar-refractivity contribution in [3.05, 3.63) is 89.0 Å². The molecule has 0 saturated carbocycles. The van der Waals surface area contributed by atoms with Gasteiger partial charge in [0.25, 0.3) is 11.7 Å². The van der Waals surface area contributed by atoms with Crippen LogP contribution in [0.25, 0.3) is 5.76 Å². The Morgan fingerprint density at radius 2 is 1.61 bits per heavy atom. The van der Waals surface area contributed by atoms with E-state index in [2.05, 4.69) is 0 Å². The number of likely N-dealkylation sites (tertiary alicyclic amines) is 1. The van der Waals surface area contributed by atoms with Crippen LogP contribution in [-0.2, 0) is 16.2 Å². The van der Waals surface area contributed by atoms with Crippen LogP contribution in [0.4, 0.5) is 0 Å². The number of hydrogen-bond donors (Lipinski definition) is 1. The summed E-state index contributed by atoms with van der Waals surface area (Å²) in [6.07, 6.45) is 0.630. The van der Waals surface area contributed by atoms with Gasteiger partial charge in [-0.3, -0.25) is 9.59 Å². The minimum absolute atomic E-state index is 0.0214. The van der Waals surface area contributed by atoms with Crippen molar-refractivity contribution in [1.82, 2.24) is 4.90 Å². The SMILES string of the molecule is CCCN1C(=O)C(=O)/C(=C(/O)c2ccc(OC)cc2OC)C1c1ccc(OCc2ccccc2)c(OC)c1. The number of benzene rings is 3. The molecule has 3 aromatic rings. The van der Waals surface area contributed by atoms with Crippen molar-refractivity contribution < 1.29 is 33.6 Å². The monoisotopic (exact) mass is 517 g/mol. The summed E-state index contributed by atoms with van der Waals surface area (Å²) in [5, 5.41) is 11.4. The topological polar surface area (TPSA) is 94.5 Å². The molecule has 1 amide bonds. The molecule has 198 valence electrons. The predicted molar refractivity (Wildman–Crippen MR) is 143 cm³/mol. The largest absolute Gasteiger partial charge is 0.507 e. The van der Waals surface area contributed by atoms with Gasteiger partial charge in [0.1, 0.15) is 23.9 Å². The lowest BCUT2D eigenvalue weighted by Crippen LogP contribution is -2.30. The van der Waals surface area contributed by atoms with Crippen LogP contribution >= 0.6 is 0 Å². The van der Waals surface area contributed by atoms with E-state index in [0.29, 0.717) is 48.1 Å². The van der Waals surface area contributed by atoms with Gasteiger partial charge >= 0.3 is 0 Å². The molecule has 1 unspecified atom stereocenters. The third-order valence-corrected chi connectivity index (χ3v) is 6.41. The Labute approximate surface area is 222 Å². The molecule has 8 heteroatoms. The number of carbonyl (C=O) groups excluding carboxylic acids is 2. The molecule has 1 aliphatic heterocycles. The fraction of sp³-hybridized carbons (Fsp3) is 0.267. The van der Waals surface area contributed by atoms with Gasteiger partial charge < -0.3 is 29.0 Å². The van der Waals surface area contributed by atoms with Gasteiger partial charge in [0.2, 0.25) is 0 Å². The first-order valence-corrected chi connectivity index (χ1v) is 12.3. The highest BCUT2D eigenvalue weighted by atomic mass is 16.5. The highest BCUT2D eigenvalue weighted by molar-refractivity contribution is 6.46. The second-order valence-electron chi connectivity index (χ2n) is 8.74. The molecule has 1 atom stereocenters. The van der Waals surface area contributed by atoms with Gasteiger partial charge in [-0.15, -0.1) is 0 Å². The van der Waals surface area contributed by atoms with E-state index in [-0.39, 0.29) is 16.9 Å². The van der Waals surface area contributed by atoms with Gasteiger partial charge in [-0.25, -0.2) is 0 Å². The van der Waals surface area contributed by atoms with Crippen molar-refractivity contribution in [2.45, 2.75) is 26.0 Å². The van der Waals surface area contributed by atoms with Crippen molar-refractivity contribution >= 4 is 17.4 Å². The minimum atomic E-state index is -0.821. The minimum Gasteiger partial charge on any atom is -0.507 e. The fourth-order valence-corrected chi connectivity index (χ4v) is 4.55.